The highest BCUT2D eigenvalue weighted by Gasteiger charge is 2.22. The van der Waals surface area contributed by atoms with Crippen LogP contribution >= 0.6 is 11.3 Å². The fourth-order valence-corrected chi connectivity index (χ4v) is 3.39. The van der Waals surface area contributed by atoms with Gasteiger partial charge in [0.2, 0.25) is 0 Å². The molecule has 2 rings (SSSR count). The molecule has 1 aromatic rings. The van der Waals surface area contributed by atoms with Crippen molar-refractivity contribution in [1.29, 1.82) is 0 Å². The third kappa shape index (κ3) is 4.07. The number of nitrogen functional groups attached to an aromatic ring is 1. The minimum absolute atomic E-state index is 0.0910. The number of nitrogens with two attached hydrogens (primary N) is 1. The number of thiazole rings is 1. The number of piperazine rings is 1. The molecule has 1 fully saturated rings. The SMILES string of the molecule is CCCC(CC)NC(=O)c1sc(N2CCNCC2)nc1N. The summed E-state index contributed by atoms with van der Waals surface area (Å²) in [6, 6.07) is 0.214. The van der Waals surface area contributed by atoms with Gasteiger partial charge in [-0.15, -0.1) is 0 Å². The van der Waals surface area contributed by atoms with Gasteiger partial charge in [0.15, 0.2) is 5.13 Å². The van der Waals surface area contributed by atoms with Gasteiger partial charge in [0.1, 0.15) is 10.7 Å². The number of aromatic nitrogens is 1. The molecule has 0 spiro atoms. The molecule has 1 aromatic heterocycles. The third-order valence-corrected chi connectivity index (χ3v) is 4.83. The van der Waals surface area contributed by atoms with Crippen LogP contribution in [0.15, 0.2) is 0 Å². The molecule has 1 aliphatic heterocycles. The van der Waals surface area contributed by atoms with Crippen molar-refractivity contribution in [1.82, 2.24) is 15.6 Å². The Morgan fingerprint density at radius 1 is 1.48 bits per heavy atom. The van der Waals surface area contributed by atoms with Crippen LogP contribution in [0.4, 0.5) is 10.9 Å². The lowest BCUT2D eigenvalue weighted by atomic mass is 10.1. The van der Waals surface area contributed by atoms with Crippen molar-refractivity contribution in [2.75, 3.05) is 36.8 Å². The largest absolute Gasteiger partial charge is 0.382 e. The number of carbonyl (C=O) groups is 1. The Kier molecular flexibility index (Phi) is 5.81. The molecule has 2 heterocycles. The van der Waals surface area contributed by atoms with Crippen LogP contribution in [0, 0.1) is 0 Å². The maximum absolute atomic E-state index is 12.4. The molecular weight excluding hydrogens is 286 g/mol. The highest BCUT2D eigenvalue weighted by molar-refractivity contribution is 7.18. The number of nitrogens with one attached hydrogen (secondary N) is 2. The summed E-state index contributed by atoms with van der Waals surface area (Å²) in [5.74, 6) is 0.254. The Bertz CT molecular complexity index is 470. The van der Waals surface area contributed by atoms with Crippen molar-refractivity contribution in [2.24, 2.45) is 0 Å². The summed E-state index contributed by atoms with van der Waals surface area (Å²) in [5, 5.41) is 7.21. The van der Waals surface area contributed by atoms with Gasteiger partial charge in [-0.3, -0.25) is 4.79 Å². The van der Waals surface area contributed by atoms with Crippen molar-refractivity contribution in [3.8, 4) is 0 Å². The van der Waals surface area contributed by atoms with Gasteiger partial charge in [0.05, 0.1) is 0 Å². The van der Waals surface area contributed by atoms with Gasteiger partial charge >= 0.3 is 0 Å². The number of hydrogen-bond acceptors (Lipinski definition) is 6. The third-order valence-electron chi connectivity index (χ3n) is 3.70. The first kappa shape index (κ1) is 16.0. The van der Waals surface area contributed by atoms with Gasteiger partial charge in [-0.25, -0.2) is 4.98 Å². The maximum atomic E-state index is 12.4. The Balaban J connectivity index is 2.05. The summed E-state index contributed by atoms with van der Waals surface area (Å²) in [5.41, 5.74) is 5.94. The highest BCUT2D eigenvalue weighted by atomic mass is 32.1. The second kappa shape index (κ2) is 7.61. The van der Waals surface area contributed by atoms with E-state index in [1.807, 2.05) is 0 Å². The van der Waals surface area contributed by atoms with E-state index < -0.39 is 0 Å². The van der Waals surface area contributed by atoms with Crippen molar-refractivity contribution < 1.29 is 4.79 Å². The van der Waals surface area contributed by atoms with Gasteiger partial charge in [0, 0.05) is 32.2 Å². The molecule has 0 aromatic carbocycles. The molecule has 21 heavy (non-hydrogen) atoms. The van der Waals surface area contributed by atoms with Crippen molar-refractivity contribution in [3.63, 3.8) is 0 Å². The van der Waals surface area contributed by atoms with Crippen LogP contribution in [-0.4, -0.2) is 43.1 Å². The number of anilines is 2. The Labute approximate surface area is 130 Å². The van der Waals surface area contributed by atoms with E-state index in [4.69, 9.17) is 5.73 Å². The Morgan fingerprint density at radius 2 is 2.19 bits per heavy atom. The van der Waals surface area contributed by atoms with Gasteiger partial charge < -0.3 is 21.3 Å². The van der Waals surface area contributed by atoms with Gasteiger partial charge in [-0.05, 0) is 12.8 Å². The molecule has 4 N–H and O–H groups in total. The molecule has 1 atom stereocenters. The van der Waals surface area contributed by atoms with E-state index in [1.165, 1.54) is 11.3 Å². The molecular formula is C14H25N5OS. The number of carbonyl (C=O) groups excluding carboxylic acids is 1. The molecule has 118 valence electrons. The van der Waals surface area contributed by atoms with E-state index in [9.17, 15) is 4.79 Å². The summed E-state index contributed by atoms with van der Waals surface area (Å²) in [4.78, 5) is 19.4. The number of hydrogen-bond donors (Lipinski definition) is 3. The summed E-state index contributed by atoms with van der Waals surface area (Å²) < 4.78 is 0. The molecule has 0 aliphatic carbocycles. The van der Waals surface area contributed by atoms with Crippen LogP contribution in [-0.2, 0) is 0 Å². The van der Waals surface area contributed by atoms with Crippen LogP contribution in [0.5, 0.6) is 0 Å². The summed E-state index contributed by atoms with van der Waals surface area (Å²) in [7, 11) is 0. The second-order valence-electron chi connectivity index (χ2n) is 5.32. The second-order valence-corrected chi connectivity index (χ2v) is 6.29. The molecule has 6 nitrogen and oxygen atoms in total. The van der Waals surface area contributed by atoms with E-state index in [0.717, 1.165) is 50.6 Å². The monoisotopic (exact) mass is 311 g/mol. The van der Waals surface area contributed by atoms with Crippen LogP contribution in [0.3, 0.4) is 0 Å². The maximum Gasteiger partial charge on any atom is 0.265 e. The zero-order valence-electron chi connectivity index (χ0n) is 12.8. The predicted molar refractivity (Wildman–Crippen MR) is 88.1 cm³/mol. The number of nitrogens with zero attached hydrogens (tertiary/aromatic N) is 2. The fraction of sp³-hybridized carbons (Fsp3) is 0.714. The minimum atomic E-state index is -0.0910. The highest BCUT2D eigenvalue weighted by Crippen LogP contribution is 2.28. The normalized spacial score (nSPS) is 16.8. The van der Waals surface area contributed by atoms with Crippen LogP contribution in [0.25, 0.3) is 0 Å². The van der Waals surface area contributed by atoms with Crippen LogP contribution in [0.1, 0.15) is 42.8 Å². The lowest BCUT2D eigenvalue weighted by Gasteiger charge is -2.26. The van der Waals surface area contributed by atoms with E-state index in [2.05, 4.69) is 34.4 Å². The fourth-order valence-electron chi connectivity index (χ4n) is 2.45. The molecule has 1 unspecified atom stereocenters. The topological polar surface area (TPSA) is 83.3 Å². The lowest BCUT2D eigenvalue weighted by Crippen LogP contribution is -2.43. The number of rotatable bonds is 6. The van der Waals surface area contributed by atoms with E-state index >= 15 is 0 Å². The molecule has 1 saturated heterocycles. The standard InChI is InChI=1S/C14H25N5OS/c1-3-5-10(4-2)17-13(20)11-12(15)18-14(21-11)19-8-6-16-7-9-19/h10,16H,3-9,15H2,1-2H3,(H,17,20). The van der Waals surface area contributed by atoms with E-state index in [1.54, 1.807) is 0 Å². The van der Waals surface area contributed by atoms with Crippen molar-refractivity contribution in [2.45, 2.75) is 39.2 Å². The first-order valence-electron chi connectivity index (χ1n) is 7.68. The van der Waals surface area contributed by atoms with Crippen molar-refractivity contribution >= 4 is 28.2 Å². The molecule has 1 aliphatic rings. The minimum Gasteiger partial charge on any atom is -0.382 e. The first-order valence-corrected chi connectivity index (χ1v) is 8.50. The van der Waals surface area contributed by atoms with Gasteiger partial charge in [-0.1, -0.05) is 31.6 Å². The van der Waals surface area contributed by atoms with Gasteiger partial charge in [0.25, 0.3) is 5.91 Å². The van der Waals surface area contributed by atoms with Crippen LogP contribution < -0.4 is 21.3 Å². The Morgan fingerprint density at radius 3 is 2.81 bits per heavy atom. The number of amides is 1. The summed E-state index contributed by atoms with van der Waals surface area (Å²) >= 11 is 1.39. The lowest BCUT2D eigenvalue weighted by molar-refractivity contribution is 0.0938. The molecule has 0 saturated carbocycles. The molecule has 7 heteroatoms. The van der Waals surface area contributed by atoms with Crippen molar-refractivity contribution in [3.05, 3.63) is 4.88 Å². The van der Waals surface area contributed by atoms with Crippen LogP contribution in [0.2, 0.25) is 0 Å². The quantitative estimate of drug-likeness (QED) is 0.740. The molecule has 1 amide bonds. The summed E-state index contributed by atoms with van der Waals surface area (Å²) in [6.07, 6.45) is 2.98. The smallest absolute Gasteiger partial charge is 0.265 e. The molecule has 0 bridgehead atoms. The first-order chi connectivity index (χ1) is 10.2. The van der Waals surface area contributed by atoms with E-state index in [-0.39, 0.29) is 11.9 Å². The average Bonchev–Trinajstić information content (AvgIpc) is 2.89. The summed E-state index contributed by atoms with van der Waals surface area (Å²) in [6.45, 7) is 7.90. The molecule has 0 radical (unpaired) electrons. The Hall–Kier alpha value is -1.34. The zero-order chi connectivity index (χ0) is 15.2. The van der Waals surface area contributed by atoms with E-state index in [0.29, 0.717) is 10.7 Å². The zero-order valence-corrected chi connectivity index (χ0v) is 13.6. The van der Waals surface area contributed by atoms with Gasteiger partial charge in [-0.2, -0.15) is 0 Å². The predicted octanol–water partition coefficient (Wildman–Crippen LogP) is 1.44. The average molecular weight is 311 g/mol.